The molecular formula is C30H28ClIN4O5. The van der Waals surface area contributed by atoms with Crippen LogP contribution in [0.15, 0.2) is 79.0 Å². The molecule has 0 bridgehead atoms. The summed E-state index contributed by atoms with van der Waals surface area (Å²) >= 11 is 8.71. The molecule has 1 saturated heterocycles. The van der Waals surface area contributed by atoms with Crippen molar-refractivity contribution in [3.8, 4) is 17.0 Å². The fraction of sp³-hybridized carbons (Fsp3) is 0.233. The van der Waals surface area contributed by atoms with Crippen LogP contribution < -0.4 is 10.1 Å². The van der Waals surface area contributed by atoms with E-state index in [1.807, 2.05) is 55.5 Å². The van der Waals surface area contributed by atoms with Gasteiger partial charge in [-0.15, -0.1) is 0 Å². The number of nitrogens with one attached hydrogen (secondary N) is 2. The molecule has 0 saturated carbocycles. The maximum absolute atomic E-state index is 13.9. The van der Waals surface area contributed by atoms with E-state index in [1.54, 1.807) is 30.5 Å². The largest absolute Gasteiger partial charge is 0.491 e. The van der Waals surface area contributed by atoms with E-state index in [0.29, 0.717) is 27.9 Å². The van der Waals surface area contributed by atoms with E-state index in [2.05, 4.69) is 37.9 Å². The van der Waals surface area contributed by atoms with Gasteiger partial charge in [-0.1, -0.05) is 67.1 Å². The Morgan fingerprint density at radius 3 is 2.51 bits per heavy atom. The molecule has 5 rings (SSSR count). The van der Waals surface area contributed by atoms with Crippen LogP contribution in [-0.4, -0.2) is 56.3 Å². The standard InChI is InChI=1S/C30H28ClIN4O5/c1-17(18-5-3-2-4-6-18)27(28-33-14-25(34-28)23-12-9-20(32)13-24(23)31)36-29(39)26(35-30(36)40)19-7-10-22(11-8-19)41-16-21(38)15-37/h2-14,17,21,26-27,37-38H,15-16H2,1H3,(H,33,34)(H,35,40)/t17-,21+,26-,27+/m1/s1. The molecule has 1 aliphatic heterocycles. The normalized spacial score (nSPS) is 17.3. The molecule has 0 spiro atoms. The molecule has 9 nitrogen and oxygen atoms in total. The Hall–Kier alpha value is -3.45. The van der Waals surface area contributed by atoms with E-state index < -0.39 is 36.7 Å². The number of benzene rings is 3. The average molecular weight is 687 g/mol. The number of ether oxygens (including phenoxy) is 1. The quantitative estimate of drug-likeness (QED) is 0.134. The number of carbonyl (C=O) groups excluding carboxylic acids is 2. The topological polar surface area (TPSA) is 128 Å². The van der Waals surface area contributed by atoms with Gasteiger partial charge in [0, 0.05) is 15.1 Å². The Bertz CT molecular complexity index is 1530. The van der Waals surface area contributed by atoms with Crippen molar-refractivity contribution in [2.24, 2.45) is 0 Å². The molecule has 212 valence electrons. The Morgan fingerprint density at radius 1 is 1.10 bits per heavy atom. The zero-order valence-electron chi connectivity index (χ0n) is 22.0. The molecule has 3 amide bonds. The molecule has 1 aliphatic rings. The molecular weight excluding hydrogens is 659 g/mol. The lowest BCUT2D eigenvalue weighted by atomic mass is 9.91. The van der Waals surface area contributed by atoms with Crippen LogP contribution in [0.25, 0.3) is 11.3 Å². The monoisotopic (exact) mass is 686 g/mol. The molecule has 0 radical (unpaired) electrons. The van der Waals surface area contributed by atoms with Crippen LogP contribution in [-0.2, 0) is 4.79 Å². The van der Waals surface area contributed by atoms with Gasteiger partial charge in [0.25, 0.3) is 5.91 Å². The van der Waals surface area contributed by atoms with E-state index in [0.717, 1.165) is 14.7 Å². The highest BCUT2D eigenvalue weighted by Crippen LogP contribution is 2.40. The van der Waals surface area contributed by atoms with Gasteiger partial charge >= 0.3 is 6.03 Å². The molecule has 41 heavy (non-hydrogen) atoms. The van der Waals surface area contributed by atoms with Crippen molar-refractivity contribution in [1.29, 1.82) is 0 Å². The molecule has 4 N–H and O–H groups in total. The second-order valence-electron chi connectivity index (χ2n) is 9.76. The van der Waals surface area contributed by atoms with E-state index >= 15 is 0 Å². The van der Waals surface area contributed by atoms with Crippen LogP contribution in [0.3, 0.4) is 0 Å². The summed E-state index contributed by atoms with van der Waals surface area (Å²) in [7, 11) is 0. The van der Waals surface area contributed by atoms with Crippen molar-refractivity contribution in [2.45, 2.75) is 31.0 Å². The molecule has 4 aromatic rings. The maximum atomic E-state index is 13.9. The van der Waals surface area contributed by atoms with Crippen molar-refractivity contribution in [2.75, 3.05) is 13.2 Å². The summed E-state index contributed by atoms with van der Waals surface area (Å²) in [6.45, 7) is 1.48. The number of rotatable bonds is 10. The smallest absolute Gasteiger partial charge is 0.325 e. The van der Waals surface area contributed by atoms with Gasteiger partial charge in [-0.3, -0.25) is 9.69 Å². The third-order valence-electron chi connectivity index (χ3n) is 7.01. The van der Waals surface area contributed by atoms with Crippen LogP contribution in [0.4, 0.5) is 4.79 Å². The average Bonchev–Trinajstić information content (AvgIpc) is 3.57. The Balaban J connectivity index is 1.46. The predicted molar refractivity (Wildman–Crippen MR) is 162 cm³/mol. The van der Waals surface area contributed by atoms with Gasteiger partial charge in [0.05, 0.1) is 23.5 Å². The minimum Gasteiger partial charge on any atom is -0.491 e. The van der Waals surface area contributed by atoms with E-state index in [-0.39, 0.29) is 12.5 Å². The number of amides is 3. The number of aromatic amines is 1. The zero-order valence-corrected chi connectivity index (χ0v) is 24.9. The van der Waals surface area contributed by atoms with Crippen LogP contribution >= 0.6 is 34.2 Å². The van der Waals surface area contributed by atoms with E-state index in [4.69, 9.17) is 21.4 Å². The molecule has 1 aromatic heterocycles. The molecule has 11 heteroatoms. The first-order chi connectivity index (χ1) is 19.8. The van der Waals surface area contributed by atoms with Crippen LogP contribution in [0.2, 0.25) is 5.02 Å². The number of aromatic nitrogens is 2. The maximum Gasteiger partial charge on any atom is 0.325 e. The first kappa shape index (κ1) is 29.1. The highest BCUT2D eigenvalue weighted by molar-refractivity contribution is 14.1. The van der Waals surface area contributed by atoms with Gasteiger partial charge < -0.3 is 25.3 Å². The highest BCUT2D eigenvalue weighted by atomic mass is 127. The SMILES string of the molecule is C[C@H](c1ccccc1)[C@@H](c1ncc(-c2ccc(I)cc2Cl)[nH]1)N1C(=O)N[C@H](c2ccc(OC[C@@H](O)CO)cc2)C1=O. The van der Waals surface area contributed by atoms with Gasteiger partial charge in [0.1, 0.15) is 36.4 Å². The third-order valence-corrected chi connectivity index (χ3v) is 8.00. The number of nitrogens with zero attached hydrogens (tertiary/aromatic N) is 2. The summed E-state index contributed by atoms with van der Waals surface area (Å²) in [5.41, 5.74) is 2.97. The molecule has 0 aliphatic carbocycles. The summed E-state index contributed by atoms with van der Waals surface area (Å²) in [6, 6.07) is 19.9. The summed E-state index contributed by atoms with van der Waals surface area (Å²) < 4.78 is 6.46. The lowest BCUT2D eigenvalue weighted by Gasteiger charge is -2.29. The fourth-order valence-electron chi connectivity index (χ4n) is 4.84. The zero-order chi connectivity index (χ0) is 29.1. The Labute approximate surface area is 255 Å². The number of H-pyrrole nitrogens is 1. The number of imidazole rings is 1. The minimum atomic E-state index is -0.994. The van der Waals surface area contributed by atoms with E-state index in [1.165, 1.54) is 4.90 Å². The molecule has 4 atom stereocenters. The minimum absolute atomic E-state index is 0.0691. The number of aliphatic hydroxyl groups excluding tert-OH is 2. The Morgan fingerprint density at radius 2 is 1.83 bits per heavy atom. The number of hydrogen-bond donors (Lipinski definition) is 4. The van der Waals surface area contributed by atoms with Crippen molar-refractivity contribution in [3.05, 3.63) is 105 Å². The third kappa shape index (κ3) is 6.25. The number of halogens is 2. The van der Waals surface area contributed by atoms with Crippen LogP contribution in [0.1, 0.15) is 41.9 Å². The van der Waals surface area contributed by atoms with Gasteiger partial charge in [0.15, 0.2) is 0 Å². The predicted octanol–water partition coefficient (Wildman–Crippen LogP) is 5.20. The lowest BCUT2D eigenvalue weighted by molar-refractivity contribution is -0.129. The second kappa shape index (κ2) is 12.6. The first-order valence-electron chi connectivity index (χ1n) is 13.0. The Kier molecular flexibility index (Phi) is 8.93. The molecule has 2 heterocycles. The summed E-state index contributed by atoms with van der Waals surface area (Å²) in [4.78, 5) is 36.5. The fourth-order valence-corrected chi connectivity index (χ4v) is 5.80. The van der Waals surface area contributed by atoms with Crippen LogP contribution in [0.5, 0.6) is 5.75 Å². The number of aliphatic hydroxyl groups is 2. The number of imide groups is 1. The van der Waals surface area contributed by atoms with Crippen LogP contribution in [0, 0.1) is 3.57 Å². The van der Waals surface area contributed by atoms with Gasteiger partial charge in [0.2, 0.25) is 0 Å². The number of carbonyl (C=O) groups is 2. The van der Waals surface area contributed by atoms with Crippen molar-refractivity contribution < 1.29 is 24.5 Å². The summed E-state index contributed by atoms with van der Waals surface area (Å²) in [5, 5.41) is 21.9. The molecule has 3 aromatic carbocycles. The number of hydrogen-bond acceptors (Lipinski definition) is 6. The van der Waals surface area contributed by atoms with Crippen molar-refractivity contribution in [3.63, 3.8) is 0 Å². The second-order valence-corrected chi connectivity index (χ2v) is 11.4. The van der Waals surface area contributed by atoms with Gasteiger partial charge in [-0.05, 0) is 58.0 Å². The van der Waals surface area contributed by atoms with E-state index in [9.17, 15) is 14.7 Å². The first-order valence-corrected chi connectivity index (χ1v) is 14.4. The highest BCUT2D eigenvalue weighted by Gasteiger charge is 2.46. The van der Waals surface area contributed by atoms with Crippen molar-refractivity contribution in [1.82, 2.24) is 20.2 Å². The van der Waals surface area contributed by atoms with Gasteiger partial charge in [-0.25, -0.2) is 9.78 Å². The van der Waals surface area contributed by atoms with Gasteiger partial charge in [-0.2, -0.15) is 0 Å². The summed E-state index contributed by atoms with van der Waals surface area (Å²) in [6.07, 6.45) is 0.669. The molecule has 0 unspecified atom stereocenters. The summed E-state index contributed by atoms with van der Waals surface area (Å²) in [5.74, 6) is 0.228. The molecule has 1 fully saturated rings. The van der Waals surface area contributed by atoms with Crippen molar-refractivity contribution >= 4 is 46.1 Å². The number of urea groups is 1. The lowest BCUT2D eigenvalue weighted by Crippen LogP contribution is -2.38.